The highest BCUT2D eigenvalue weighted by Crippen LogP contribution is 2.61. The minimum atomic E-state index is -0.159. The average molecular weight is 1030 g/mol. The first-order chi connectivity index (χ1) is 36.4. The molecule has 0 unspecified atom stereocenters. The van der Waals surface area contributed by atoms with E-state index in [1.165, 1.54) is 151 Å². The summed E-state index contributed by atoms with van der Waals surface area (Å²) in [6, 6.07) is 40.0. The number of rotatable bonds is 3. The Kier molecular flexibility index (Phi) is 10.2. The molecule has 8 aliphatic rings. The van der Waals surface area contributed by atoms with Crippen LogP contribution in [0.25, 0.3) is 22.1 Å². The van der Waals surface area contributed by atoms with E-state index in [-0.39, 0.29) is 55.4 Å². The van der Waals surface area contributed by atoms with Crippen LogP contribution in [0.5, 0.6) is 0 Å². The Labute approximate surface area is 469 Å². The second-order valence-electron chi connectivity index (χ2n) is 31.9. The third kappa shape index (κ3) is 6.95. The molecule has 4 heteroatoms. The van der Waals surface area contributed by atoms with Crippen LogP contribution in [0.3, 0.4) is 0 Å². The van der Waals surface area contributed by atoms with E-state index in [4.69, 9.17) is 4.42 Å². The summed E-state index contributed by atoms with van der Waals surface area (Å²) in [4.78, 5) is 5.52. The van der Waals surface area contributed by atoms with Crippen LogP contribution in [-0.4, -0.2) is 6.71 Å². The van der Waals surface area contributed by atoms with E-state index < -0.39 is 0 Å². The molecule has 2 bridgehead atoms. The predicted octanol–water partition coefficient (Wildman–Crippen LogP) is 18.6. The maximum absolute atomic E-state index is 7.92. The molecule has 6 aliphatic carbocycles. The van der Waals surface area contributed by atoms with Crippen molar-refractivity contribution < 1.29 is 4.42 Å². The molecule has 2 aliphatic heterocycles. The Bertz CT molecular complexity index is 3730. The number of furan rings is 1. The van der Waals surface area contributed by atoms with Crippen molar-refractivity contribution in [3.63, 3.8) is 0 Å². The number of benzene rings is 6. The van der Waals surface area contributed by atoms with E-state index >= 15 is 0 Å². The first-order valence-corrected chi connectivity index (χ1v) is 30.4. The molecule has 0 radical (unpaired) electrons. The minimum Gasteiger partial charge on any atom is -0.468 e. The summed E-state index contributed by atoms with van der Waals surface area (Å²) < 4.78 is 7.92. The fourth-order valence-electron chi connectivity index (χ4n) is 17.0. The second-order valence-corrected chi connectivity index (χ2v) is 31.9. The van der Waals surface area contributed by atoms with Gasteiger partial charge >= 0.3 is 0 Å². The topological polar surface area (TPSA) is 19.6 Å². The molecular weight excluding hydrogens is 944 g/mol. The van der Waals surface area contributed by atoms with E-state index in [2.05, 4.69) is 225 Å². The first-order valence-electron chi connectivity index (χ1n) is 30.4. The van der Waals surface area contributed by atoms with Gasteiger partial charge in [0.25, 0.3) is 6.71 Å². The van der Waals surface area contributed by atoms with Gasteiger partial charge < -0.3 is 14.2 Å². The minimum absolute atomic E-state index is 0.00168. The van der Waals surface area contributed by atoms with Crippen molar-refractivity contribution in [2.75, 3.05) is 9.80 Å². The summed E-state index contributed by atoms with van der Waals surface area (Å²) in [5.41, 5.74) is 28.8. The lowest BCUT2D eigenvalue weighted by Gasteiger charge is -2.52. The monoisotopic (exact) mass is 1030 g/mol. The Morgan fingerprint density at radius 2 is 0.949 bits per heavy atom. The highest BCUT2D eigenvalue weighted by atomic mass is 16.3. The quantitative estimate of drug-likeness (QED) is 0.164. The van der Waals surface area contributed by atoms with E-state index in [9.17, 15) is 0 Å². The van der Waals surface area contributed by atoms with E-state index in [1.54, 1.807) is 5.56 Å². The molecule has 3 nitrogen and oxygen atoms in total. The number of anilines is 6. The molecule has 1 aromatic heterocycles. The molecule has 78 heavy (non-hydrogen) atoms. The Hall–Kier alpha value is -5.48. The molecule has 0 spiro atoms. The van der Waals surface area contributed by atoms with Crippen LogP contribution in [-0.2, 0) is 48.7 Å². The molecule has 0 N–H and O–H groups in total. The smallest absolute Gasteiger partial charge is 0.297 e. The Balaban J connectivity index is 1.16. The van der Waals surface area contributed by atoms with Gasteiger partial charge in [-0.3, -0.25) is 0 Å². The average Bonchev–Trinajstić information content (AvgIpc) is 2.65. The van der Waals surface area contributed by atoms with Crippen LogP contribution in [0.2, 0.25) is 0 Å². The summed E-state index contributed by atoms with van der Waals surface area (Å²) in [5, 5.41) is 1.26. The molecule has 0 saturated heterocycles. The lowest BCUT2D eigenvalue weighted by Crippen LogP contribution is -2.61. The highest BCUT2D eigenvalue weighted by Gasteiger charge is 2.53. The van der Waals surface area contributed by atoms with Gasteiger partial charge in [0, 0.05) is 33.7 Å². The molecule has 1 fully saturated rings. The van der Waals surface area contributed by atoms with Gasteiger partial charge in [-0.1, -0.05) is 166 Å². The zero-order valence-electron chi connectivity index (χ0n) is 50.7. The molecule has 15 rings (SSSR count). The van der Waals surface area contributed by atoms with Crippen molar-refractivity contribution in [2.24, 2.45) is 0 Å². The zero-order chi connectivity index (χ0) is 55.0. The van der Waals surface area contributed by atoms with Crippen molar-refractivity contribution in [3.05, 3.63) is 147 Å². The SMILES string of the molecule is CC(C)(C)c1cc2c3c(c1)N(c1ccc4c(c1)C(C)(C)CCC4(C)C)c1c(oc4cc5c(cc14)C1(C)CCC5(C)CC1)B3c1cc3c(cc1N2c1ccc2c(c1-c1ccccc1)C(C)(C)CCC2(C)C)C(C)(C)CCC3(C)C. The lowest BCUT2D eigenvalue weighted by molar-refractivity contribution is 0.188. The van der Waals surface area contributed by atoms with Gasteiger partial charge in [-0.05, 0) is 228 Å². The fraction of sp³-hybridized carbons (Fsp3) is 0.486. The first kappa shape index (κ1) is 50.7. The zero-order valence-corrected chi connectivity index (χ0v) is 50.7. The van der Waals surface area contributed by atoms with Crippen LogP contribution in [0, 0.1) is 0 Å². The summed E-state index contributed by atoms with van der Waals surface area (Å²) in [7, 11) is 0. The van der Waals surface area contributed by atoms with Gasteiger partial charge in [-0.2, -0.15) is 0 Å². The van der Waals surface area contributed by atoms with E-state index in [0.717, 1.165) is 30.5 Å². The van der Waals surface area contributed by atoms with Gasteiger partial charge in [-0.15, -0.1) is 0 Å². The van der Waals surface area contributed by atoms with E-state index in [0.29, 0.717) is 0 Å². The van der Waals surface area contributed by atoms with Gasteiger partial charge in [0.15, 0.2) is 0 Å². The van der Waals surface area contributed by atoms with Crippen molar-refractivity contribution in [1.29, 1.82) is 0 Å². The molecule has 1 saturated carbocycles. The third-order valence-corrected chi connectivity index (χ3v) is 22.8. The van der Waals surface area contributed by atoms with Gasteiger partial charge in [0.05, 0.1) is 17.0 Å². The predicted molar refractivity (Wildman–Crippen MR) is 333 cm³/mol. The van der Waals surface area contributed by atoms with Crippen molar-refractivity contribution in [3.8, 4) is 11.1 Å². The number of hydrogen-bond donors (Lipinski definition) is 0. The molecule has 0 amide bonds. The molecule has 402 valence electrons. The van der Waals surface area contributed by atoms with Crippen molar-refractivity contribution >= 4 is 68.4 Å². The van der Waals surface area contributed by atoms with Crippen LogP contribution < -0.4 is 26.4 Å². The Morgan fingerprint density at radius 3 is 1.55 bits per heavy atom. The molecular formula is C74H87BN2O. The normalized spacial score (nSPS) is 24.9. The van der Waals surface area contributed by atoms with Gasteiger partial charge in [-0.25, -0.2) is 0 Å². The third-order valence-electron chi connectivity index (χ3n) is 22.8. The summed E-state index contributed by atoms with van der Waals surface area (Å²) in [6.45, 7) is 42.2. The number of nitrogens with zero attached hydrogens (tertiary/aromatic N) is 2. The Morgan fingerprint density at radius 1 is 0.436 bits per heavy atom. The van der Waals surface area contributed by atoms with Crippen LogP contribution >= 0.6 is 0 Å². The van der Waals surface area contributed by atoms with E-state index in [1.807, 2.05) is 0 Å². The standard InChI is InChI=1S/C74H87BN2O/c1-66(2,3)45-37-58-63-59(38-45)77(56-26-25-49-62(61(56)44-21-19-18-20-22-44)72(14,15)32-31-68(49,6)7)57-42-52-51(70(10,11)29-30-71(52,12)13)41-55(57)75(63)65-64(76(58)46-23-24-48-50(39-46)69(8,9)28-27-67(48,4)5)47-40-53-54(43-60(47)78-65)74(17)35-33-73(53,16)34-36-74/h18-26,37-43H,27-36H2,1-17H3. The maximum atomic E-state index is 7.92. The lowest BCUT2D eigenvalue weighted by atomic mass is 9.35. The number of fused-ring (bicyclic) bond motifs is 11. The summed E-state index contributed by atoms with van der Waals surface area (Å²) in [5.74, 6) is 0. The van der Waals surface area contributed by atoms with Gasteiger partial charge in [0.1, 0.15) is 5.58 Å². The van der Waals surface area contributed by atoms with Crippen molar-refractivity contribution in [1.82, 2.24) is 0 Å². The second kappa shape index (κ2) is 15.7. The maximum Gasteiger partial charge on any atom is 0.297 e. The fourth-order valence-corrected chi connectivity index (χ4v) is 17.0. The molecule has 6 aromatic carbocycles. The summed E-state index contributed by atoms with van der Waals surface area (Å²) >= 11 is 0. The highest BCUT2D eigenvalue weighted by molar-refractivity contribution is 7.00. The summed E-state index contributed by atoms with van der Waals surface area (Å²) in [6.07, 6.45) is 11.9. The molecule has 0 atom stereocenters. The van der Waals surface area contributed by atoms with Crippen LogP contribution in [0.1, 0.15) is 232 Å². The van der Waals surface area contributed by atoms with Crippen LogP contribution in [0.15, 0.2) is 101 Å². The molecule has 7 aromatic rings. The molecule has 3 heterocycles. The van der Waals surface area contributed by atoms with Crippen molar-refractivity contribution in [2.45, 2.75) is 231 Å². The largest absolute Gasteiger partial charge is 0.468 e. The number of hydrogen-bond acceptors (Lipinski definition) is 3. The van der Waals surface area contributed by atoms with Gasteiger partial charge in [0.2, 0.25) is 0 Å². The van der Waals surface area contributed by atoms with Crippen LogP contribution in [0.4, 0.5) is 34.1 Å².